The van der Waals surface area contributed by atoms with Crippen molar-refractivity contribution in [1.29, 1.82) is 5.26 Å². The third-order valence-corrected chi connectivity index (χ3v) is 4.13. The summed E-state index contributed by atoms with van der Waals surface area (Å²) < 4.78 is 0. The minimum absolute atomic E-state index is 0.634. The Labute approximate surface area is 112 Å². The van der Waals surface area contributed by atoms with Gasteiger partial charge >= 0.3 is 0 Å². The van der Waals surface area contributed by atoms with Crippen LogP contribution in [0.5, 0.6) is 0 Å². The van der Waals surface area contributed by atoms with Gasteiger partial charge in [-0.3, -0.25) is 0 Å². The monoisotopic (exact) mass is 256 g/mol. The zero-order valence-corrected chi connectivity index (χ0v) is 11.5. The van der Waals surface area contributed by atoms with Crippen molar-refractivity contribution in [3.63, 3.8) is 0 Å². The molecule has 0 unspecified atom stereocenters. The molecule has 0 aliphatic carbocycles. The van der Waals surface area contributed by atoms with Crippen LogP contribution in [0.25, 0.3) is 10.4 Å². The van der Waals surface area contributed by atoms with Gasteiger partial charge in [-0.15, -0.1) is 11.3 Å². The van der Waals surface area contributed by atoms with Crippen LogP contribution in [0.2, 0.25) is 0 Å². The first kappa shape index (κ1) is 12.7. The number of nitriles is 1. The Hall–Kier alpha value is -1.79. The van der Waals surface area contributed by atoms with Crippen LogP contribution < -0.4 is 5.73 Å². The average molecular weight is 256 g/mol. The first-order chi connectivity index (χ1) is 8.67. The number of hydrogen-bond donors (Lipinski definition) is 1. The number of nitrogen functional groups attached to an aromatic ring is 1. The van der Waals surface area contributed by atoms with E-state index < -0.39 is 0 Å². The second-order valence-corrected chi connectivity index (χ2v) is 5.40. The standard InChI is InChI=1S/C15H16N2S/c1-3-5-12-14(17)13(9-16)18-15(12)11-7-4-6-10(2)8-11/h4,6-8H,3,5,17H2,1-2H3. The number of anilines is 1. The average Bonchev–Trinajstić information content (AvgIpc) is 2.67. The molecule has 2 aromatic rings. The third-order valence-electron chi connectivity index (χ3n) is 2.93. The molecule has 0 fully saturated rings. The lowest BCUT2D eigenvalue weighted by Crippen LogP contribution is -1.93. The van der Waals surface area contributed by atoms with Gasteiger partial charge in [0.05, 0.1) is 5.69 Å². The number of thiophene rings is 1. The van der Waals surface area contributed by atoms with E-state index >= 15 is 0 Å². The quantitative estimate of drug-likeness (QED) is 0.897. The second kappa shape index (κ2) is 5.24. The van der Waals surface area contributed by atoms with Crippen LogP contribution in [-0.2, 0) is 6.42 Å². The van der Waals surface area contributed by atoms with Crippen molar-refractivity contribution in [3.8, 4) is 16.5 Å². The highest BCUT2D eigenvalue weighted by atomic mass is 32.1. The molecule has 92 valence electrons. The highest BCUT2D eigenvalue weighted by Crippen LogP contribution is 2.39. The van der Waals surface area contributed by atoms with Crippen molar-refractivity contribution in [2.45, 2.75) is 26.7 Å². The van der Waals surface area contributed by atoms with Gasteiger partial charge in [0.1, 0.15) is 10.9 Å². The molecule has 0 amide bonds. The lowest BCUT2D eigenvalue weighted by Gasteiger charge is -2.04. The molecule has 3 heteroatoms. The number of nitrogens with zero attached hydrogens (tertiary/aromatic N) is 1. The smallest absolute Gasteiger partial charge is 0.128 e. The Kier molecular flexibility index (Phi) is 3.69. The first-order valence-electron chi connectivity index (χ1n) is 6.05. The Balaban J connectivity index is 2.60. The zero-order chi connectivity index (χ0) is 13.1. The van der Waals surface area contributed by atoms with Gasteiger partial charge in [-0.1, -0.05) is 43.2 Å². The van der Waals surface area contributed by atoms with Gasteiger partial charge in [0, 0.05) is 4.88 Å². The minimum Gasteiger partial charge on any atom is -0.397 e. The summed E-state index contributed by atoms with van der Waals surface area (Å²) in [4.78, 5) is 1.78. The summed E-state index contributed by atoms with van der Waals surface area (Å²) in [5, 5.41) is 9.11. The van der Waals surface area contributed by atoms with Gasteiger partial charge in [0.25, 0.3) is 0 Å². The van der Waals surface area contributed by atoms with Crippen molar-refractivity contribution in [2.75, 3.05) is 5.73 Å². The van der Waals surface area contributed by atoms with E-state index in [2.05, 4.69) is 38.1 Å². The van der Waals surface area contributed by atoms with Crippen molar-refractivity contribution in [3.05, 3.63) is 40.3 Å². The van der Waals surface area contributed by atoms with E-state index in [-0.39, 0.29) is 0 Å². The summed E-state index contributed by atoms with van der Waals surface area (Å²) in [6.07, 6.45) is 1.96. The number of hydrogen-bond acceptors (Lipinski definition) is 3. The summed E-state index contributed by atoms with van der Waals surface area (Å²) in [7, 11) is 0. The van der Waals surface area contributed by atoms with Crippen LogP contribution in [0.1, 0.15) is 29.3 Å². The molecule has 0 aliphatic rings. The SMILES string of the molecule is CCCc1c(-c2cccc(C)c2)sc(C#N)c1N. The molecule has 2 nitrogen and oxygen atoms in total. The molecule has 0 aliphatic heterocycles. The third kappa shape index (κ3) is 2.25. The summed E-state index contributed by atoms with van der Waals surface area (Å²) in [6.45, 7) is 4.20. The Morgan fingerprint density at radius 2 is 2.17 bits per heavy atom. The fraction of sp³-hybridized carbons (Fsp3) is 0.267. The maximum absolute atomic E-state index is 9.11. The van der Waals surface area contributed by atoms with Gasteiger partial charge < -0.3 is 5.73 Å². The van der Waals surface area contributed by atoms with Crippen molar-refractivity contribution < 1.29 is 0 Å². The molecule has 0 spiro atoms. The van der Waals surface area contributed by atoms with Gasteiger partial charge in [0.15, 0.2) is 0 Å². The molecule has 0 bridgehead atoms. The molecule has 18 heavy (non-hydrogen) atoms. The summed E-state index contributed by atoms with van der Waals surface area (Å²) >= 11 is 1.50. The molecule has 2 N–H and O–H groups in total. The molecular formula is C15H16N2S. The van der Waals surface area contributed by atoms with E-state index in [9.17, 15) is 0 Å². The van der Waals surface area contributed by atoms with E-state index in [1.807, 2.05) is 6.07 Å². The predicted molar refractivity (Wildman–Crippen MR) is 77.6 cm³/mol. The fourth-order valence-corrected chi connectivity index (χ4v) is 3.14. The van der Waals surface area contributed by atoms with Crippen molar-refractivity contribution in [2.24, 2.45) is 0 Å². The molecule has 1 aromatic heterocycles. The number of benzene rings is 1. The normalized spacial score (nSPS) is 10.3. The van der Waals surface area contributed by atoms with Crippen molar-refractivity contribution >= 4 is 17.0 Å². The molecule has 0 radical (unpaired) electrons. The van der Waals surface area contributed by atoms with Gasteiger partial charge in [-0.05, 0) is 24.5 Å². The van der Waals surface area contributed by atoms with E-state index in [0.717, 1.165) is 28.8 Å². The summed E-state index contributed by atoms with van der Waals surface area (Å²) in [5.74, 6) is 0. The Morgan fingerprint density at radius 3 is 2.78 bits per heavy atom. The molecule has 1 aromatic carbocycles. The number of nitrogens with two attached hydrogens (primary N) is 1. The fourth-order valence-electron chi connectivity index (χ4n) is 2.08. The molecule has 2 rings (SSSR count). The van der Waals surface area contributed by atoms with Crippen LogP contribution in [0, 0.1) is 18.3 Å². The molecule has 0 atom stereocenters. The Bertz CT molecular complexity index is 605. The summed E-state index contributed by atoms with van der Waals surface area (Å²) in [6, 6.07) is 10.5. The molecule has 1 heterocycles. The van der Waals surface area contributed by atoms with Gasteiger partial charge in [-0.2, -0.15) is 5.26 Å². The molecular weight excluding hydrogens is 240 g/mol. The van der Waals surface area contributed by atoms with E-state index in [1.54, 1.807) is 0 Å². The topological polar surface area (TPSA) is 49.8 Å². The van der Waals surface area contributed by atoms with Gasteiger partial charge in [0.2, 0.25) is 0 Å². The lowest BCUT2D eigenvalue weighted by atomic mass is 10.0. The summed E-state index contributed by atoms with van der Waals surface area (Å²) in [5.41, 5.74) is 10.2. The van der Waals surface area contributed by atoms with E-state index in [1.165, 1.54) is 16.9 Å². The highest BCUT2D eigenvalue weighted by molar-refractivity contribution is 7.16. The first-order valence-corrected chi connectivity index (χ1v) is 6.87. The molecule has 0 saturated carbocycles. The predicted octanol–water partition coefficient (Wildman–Crippen LogP) is 4.13. The van der Waals surface area contributed by atoms with Crippen LogP contribution in [0.4, 0.5) is 5.69 Å². The Morgan fingerprint density at radius 1 is 1.39 bits per heavy atom. The maximum atomic E-state index is 9.11. The number of aryl methyl sites for hydroxylation is 1. The molecule has 0 saturated heterocycles. The van der Waals surface area contributed by atoms with E-state index in [4.69, 9.17) is 11.0 Å². The van der Waals surface area contributed by atoms with Crippen molar-refractivity contribution in [1.82, 2.24) is 0 Å². The van der Waals surface area contributed by atoms with Crippen LogP contribution in [0.3, 0.4) is 0 Å². The largest absolute Gasteiger partial charge is 0.397 e. The second-order valence-electron chi connectivity index (χ2n) is 4.38. The van der Waals surface area contributed by atoms with E-state index in [0.29, 0.717) is 10.6 Å². The lowest BCUT2D eigenvalue weighted by molar-refractivity contribution is 0.930. The van der Waals surface area contributed by atoms with Gasteiger partial charge in [-0.25, -0.2) is 0 Å². The van der Waals surface area contributed by atoms with Crippen LogP contribution in [0.15, 0.2) is 24.3 Å². The highest BCUT2D eigenvalue weighted by Gasteiger charge is 2.16. The maximum Gasteiger partial charge on any atom is 0.128 e. The minimum atomic E-state index is 0.634. The van der Waals surface area contributed by atoms with Crippen LogP contribution in [-0.4, -0.2) is 0 Å². The zero-order valence-electron chi connectivity index (χ0n) is 10.7. The number of rotatable bonds is 3. The van der Waals surface area contributed by atoms with Crippen LogP contribution >= 0.6 is 11.3 Å².